The van der Waals surface area contributed by atoms with Crippen LogP contribution in [0.25, 0.3) is 0 Å². The molecule has 1 aliphatic carbocycles. The average molecular weight is 138 g/mol. The molecule has 0 saturated carbocycles. The highest BCUT2D eigenvalue weighted by molar-refractivity contribution is 5.23. The summed E-state index contributed by atoms with van der Waals surface area (Å²) in [5, 5.41) is 0. The van der Waals surface area contributed by atoms with Gasteiger partial charge < -0.3 is 9.47 Å². The van der Waals surface area contributed by atoms with E-state index in [1.807, 2.05) is 6.08 Å². The molecule has 0 radical (unpaired) electrons. The first-order chi connectivity index (χ1) is 4.86. The van der Waals surface area contributed by atoms with Gasteiger partial charge >= 0.3 is 0 Å². The third-order valence-corrected chi connectivity index (χ3v) is 1.81. The molecule has 0 aromatic rings. The zero-order chi connectivity index (χ0) is 6.97. The predicted octanol–water partition coefficient (Wildman–Crippen LogP) is 1.80. The second-order valence-corrected chi connectivity index (χ2v) is 2.73. The van der Waals surface area contributed by atoms with Crippen molar-refractivity contribution < 1.29 is 9.47 Å². The summed E-state index contributed by atoms with van der Waals surface area (Å²) in [6, 6.07) is 0. The van der Waals surface area contributed by atoms with Crippen molar-refractivity contribution in [3.63, 3.8) is 0 Å². The van der Waals surface area contributed by atoms with Crippen LogP contribution < -0.4 is 0 Å². The van der Waals surface area contributed by atoms with E-state index in [4.69, 9.17) is 9.47 Å². The van der Waals surface area contributed by atoms with E-state index in [-0.39, 0.29) is 0 Å². The van der Waals surface area contributed by atoms with Gasteiger partial charge in [-0.3, -0.25) is 0 Å². The van der Waals surface area contributed by atoms with E-state index in [1.165, 1.54) is 0 Å². The van der Waals surface area contributed by atoms with E-state index in [0.29, 0.717) is 12.7 Å². The fraction of sp³-hybridized carbons (Fsp3) is 0.500. The van der Waals surface area contributed by atoms with Crippen LogP contribution in [-0.4, -0.2) is 6.79 Å². The molecule has 2 heteroatoms. The summed E-state index contributed by atoms with van der Waals surface area (Å²) in [5.74, 6) is 2.55. The van der Waals surface area contributed by atoms with E-state index in [2.05, 4.69) is 13.0 Å². The van der Waals surface area contributed by atoms with Crippen LogP contribution in [0.5, 0.6) is 0 Å². The molecular formula is C8H10O2. The van der Waals surface area contributed by atoms with E-state index in [0.717, 1.165) is 17.9 Å². The van der Waals surface area contributed by atoms with Gasteiger partial charge in [-0.05, 0) is 12.0 Å². The highest BCUT2D eigenvalue weighted by atomic mass is 16.7. The summed E-state index contributed by atoms with van der Waals surface area (Å²) < 4.78 is 10.4. The lowest BCUT2D eigenvalue weighted by atomic mass is 10.0. The molecule has 0 amide bonds. The fourth-order valence-corrected chi connectivity index (χ4v) is 1.23. The molecule has 1 aliphatic heterocycles. The van der Waals surface area contributed by atoms with Gasteiger partial charge in [-0.1, -0.05) is 13.0 Å². The minimum absolute atomic E-state index is 0.404. The van der Waals surface area contributed by atoms with Gasteiger partial charge in [0.1, 0.15) is 5.76 Å². The van der Waals surface area contributed by atoms with Gasteiger partial charge in [-0.15, -0.1) is 0 Å². The van der Waals surface area contributed by atoms with Crippen molar-refractivity contribution in [2.45, 2.75) is 13.3 Å². The number of hydrogen-bond acceptors (Lipinski definition) is 2. The molecule has 1 atom stereocenters. The zero-order valence-electron chi connectivity index (χ0n) is 5.96. The van der Waals surface area contributed by atoms with Crippen LogP contribution in [0.4, 0.5) is 0 Å². The molecule has 10 heavy (non-hydrogen) atoms. The molecule has 0 fully saturated rings. The molecule has 0 saturated heterocycles. The van der Waals surface area contributed by atoms with Crippen molar-refractivity contribution in [2.75, 3.05) is 6.79 Å². The van der Waals surface area contributed by atoms with E-state index in [1.54, 1.807) is 0 Å². The first kappa shape index (κ1) is 5.83. The Morgan fingerprint density at radius 3 is 3.30 bits per heavy atom. The van der Waals surface area contributed by atoms with Crippen molar-refractivity contribution in [1.29, 1.82) is 0 Å². The molecule has 2 rings (SSSR count). The Hall–Kier alpha value is -0.920. The Kier molecular flexibility index (Phi) is 1.19. The van der Waals surface area contributed by atoms with Crippen molar-refractivity contribution in [3.8, 4) is 0 Å². The summed E-state index contributed by atoms with van der Waals surface area (Å²) in [6.07, 6.45) is 5.13. The van der Waals surface area contributed by atoms with E-state index < -0.39 is 0 Å². The molecule has 0 N–H and O–H groups in total. The predicted molar refractivity (Wildman–Crippen MR) is 37.0 cm³/mol. The van der Waals surface area contributed by atoms with Crippen LogP contribution >= 0.6 is 0 Å². The standard InChI is InChI=1S/C8H10O2/c1-6-2-3-7-8(4-6)10-5-9-7/h2-3,6H,4-5H2,1H3. The first-order valence-corrected chi connectivity index (χ1v) is 3.53. The lowest BCUT2D eigenvalue weighted by Gasteiger charge is -2.09. The lowest BCUT2D eigenvalue weighted by Crippen LogP contribution is -1.99. The lowest BCUT2D eigenvalue weighted by molar-refractivity contribution is 0.0720. The summed E-state index contributed by atoms with van der Waals surface area (Å²) in [4.78, 5) is 0. The molecule has 1 heterocycles. The minimum atomic E-state index is 0.404. The van der Waals surface area contributed by atoms with Crippen molar-refractivity contribution >= 4 is 0 Å². The Morgan fingerprint density at radius 1 is 1.50 bits per heavy atom. The Balaban J connectivity index is 2.22. The largest absolute Gasteiger partial charge is 0.458 e. The fourth-order valence-electron chi connectivity index (χ4n) is 1.23. The molecule has 0 spiro atoms. The molecular weight excluding hydrogens is 128 g/mol. The quantitative estimate of drug-likeness (QED) is 0.508. The smallest absolute Gasteiger partial charge is 0.230 e. The number of hydrogen-bond donors (Lipinski definition) is 0. The molecule has 0 aromatic heterocycles. The van der Waals surface area contributed by atoms with Gasteiger partial charge in [0.05, 0.1) is 0 Å². The van der Waals surface area contributed by atoms with Crippen molar-refractivity contribution in [3.05, 3.63) is 23.7 Å². The van der Waals surface area contributed by atoms with Crippen LogP contribution in [0.2, 0.25) is 0 Å². The minimum Gasteiger partial charge on any atom is -0.458 e. The molecule has 0 aromatic carbocycles. The summed E-state index contributed by atoms with van der Waals surface area (Å²) >= 11 is 0. The van der Waals surface area contributed by atoms with Crippen LogP contribution in [0.1, 0.15) is 13.3 Å². The molecule has 1 unspecified atom stereocenters. The SMILES string of the molecule is CC1C=CC2=C(C1)OCO2. The zero-order valence-corrected chi connectivity index (χ0v) is 5.96. The third-order valence-electron chi connectivity index (χ3n) is 1.81. The number of ether oxygens (including phenoxy) is 2. The maximum absolute atomic E-state index is 5.23. The van der Waals surface area contributed by atoms with Crippen LogP contribution in [0.3, 0.4) is 0 Å². The van der Waals surface area contributed by atoms with Crippen LogP contribution in [0.15, 0.2) is 23.7 Å². The highest BCUT2D eigenvalue weighted by Crippen LogP contribution is 2.28. The Bertz CT molecular complexity index is 203. The van der Waals surface area contributed by atoms with Gasteiger partial charge in [-0.25, -0.2) is 0 Å². The normalized spacial score (nSPS) is 29.5. The molecule has 54 valence electrons. The summed E-state index contributed by atoms with van der Waals surface area (Å²) in [6.45, 7) is 2.57. The maximum atomic E-state index is 5.23. The summed E-state index contributed by atoms with van der Waals surface area (Å²) in [7, 11) is 0. The Morgan fingerprint density at radius 2 is 2.40 bits per heavy atom. The highest BCUT2D eigenvalue weighted by Gasteiger charge is 2.20. The van der Waals surface area contributed by atoms with Gasteiger partial charge in [0.25, 0.3) is 0 Å². The van der Waals surface area contributed by atoms with Gasteiger partial charge in [-0.2, -0.15) is 0 Å². The number of allylic oxidation sites excluding steroid dienone is 3. The van der Waals surface area contributed by atoms with Crippen LogP contribution in [0, 0.1) is 5.92 Å². The van der Waals surface area contributed by atoms with Gasteiger partial charge in [0.15, 0.2) is 5.76 Å². The monoisotopic (exact) mass is 138 g/mol. The van der Waals surface area contributed by atoms with Gasteiger partial charge in [0.2, 0.25) is 6.79 Å². The average Bonchev–Trinajstić information content (AvgIpc) is 2.33. The van der Waals surface area contributed by atoms with E-state index in [9.17, 15) is 0 Å². The number of rotatable bonds is 0. The van der Waals surface area contributed by atoms with Crippen molar-refractivity contribution in [2.24, 2.45) is 5.92 Å². The van der Waals surface area contributed by atoms with Crippen LogP contribution in [-0.2, 0) is 9.47 Å². The second-order valence-electron chi connectivity index (χ2n) is 2.73. The van der Waals surface area contributed by atoms with E-state index >= 15 is 0 Å². The molecule has 0 bridgehead atoms. The first-order valence-electron chi connectivity index (χ1n) is 3.53. The molecule has 2 nitrogen and oxygen atoms in total. The maximum Gasteiger partial charge on any atom is 0.230 e. The second kappa shape index (κ2) is 2.04. The van der Waals surface area contributed by atoms with Crippen molar-refractivity contribution in [1.82, 2.24) is 0 Å². The van der Waals surface area contributed by atoms with Gasteiger partial charge in [0, 0.05) is 6.42 Å². The summed E-state index contributed by atoms with van der Waals surface area (Å²) in [5.41, 5.74) is 0. The molecule has 2 aliphatic rings. The topological polar surface area (TPSA) is 18.5 Å². The third kappa shape index (κ3) is 0.801. The Labute approximate surface area is 60.1 Å².